The number of benzene rings is 1. The number of hydrogen-bond acceptors (Lipinski definition) is 5. The number of para-hydroxylation sites is 1. The van der Waals surface area contributed by atoms with Crippen LogP contribution in [0, 0.1) is 0 Å². The van der Waals surface area contributed by atoms with Gasteiger partial charge in [-0.2, -0.15) is 0 Å². The van der Waals surface area contributed by atoms with Crippen molar-refractivity contribution in [3.8, 4) is 17.1 Å². The predicted molar refractivity (Wildman–Crippen MR) is 124 cm³/mol. The molecule has 0 atom stereocenters. The van der Waals surface area contributed by atoms with Crippen LogP contribution in [0.15, 0.2) is 53.9 Å². The van der Waals surface area contributed by atoms with Gasteiger partial charge >= 0.3 is 0 Å². The smallest absolute Gasteiger partial charge is 0.233 e. The van der Waals surface area contributed by atoms with Crippen LogP contribution in [-0.4, -0.2) is 49.4 Å². The van der Waals surface area contributed by atoms with Gasteiger partial charge in [0.2, 0.25) is 5.91 Å². The van der Waals surface area contributed by atoms with E-state index in [0.717, 1.165) is 48.2 Å². The molecule has 3 heterocycles. The molecule has 0 aliphatic carbocycles. The van der Waals surface area contributed by atoms with E-state index in [4.69, 9.17) is 0 Å². The van der Waals surface area contributed by atoms with E-state index in [2.05, 4.69) is 51.8 Å². The standard InChI is InChI=1S/C24H29N5OS/c1-18(2)20-11-5-6-12-21(20)29-23(19-10-9-13-25-16-19)26-27-24(29)31-17-22(30)28-14-7-3-4-8-15-28/h5-6,9-13,16,18H,3-4,7-8,14-15,17H2,1-2H3. The van der Waals surface area contributed by atoms with Crippen molar-refractivity contribution in [3.63, 3.8) is 0 Å². The van der Waals surface area contributed by atoms with Crippen LogP contribution in [-0.2, 0) is 4.79 Å². The molecule has 0 radical (unpaired) electrons. The third-order valence-electron chi connectivity index (χ3n) is 5.64. The number of nitrogens with zero attached hydrogens (tertiary/aromatic N) is 5. The molecule has 1 amide bonds. The topological polar surface area (TPSA) is 63.9 Å². The molecule has 0 bridgehead atoms. The van der Waals surface area contributed by atoms with Crippen molar-refractivity contribution in [3.05, 3.63) is 54.4 Å². The lowest BCUT2D eigenvalue weighted by atomic mass is 10.0. The van der Waals surface area contributed by atoms with Crippen molar-refractivity contribution in [2.75, 3.05) is 18.8 Å². The maximum absolute atomic E-state index is 12.9. The van der Waals surface area contributed by atoms with E-state index in [9.17, 15) is 4.79 Å². The first kappa shape index (κ1) is 21.6. The highest BCUT2D eigenvalue weighted by molar-refractivity contribution is 7.99. The average Bonchev–Trinajstić information content (AvgIpc) is 3.02. The fourth-order valence-electron chi connectivity index (χ4n) is 3.98. The molecule has 1 aromatic carbocycles. The lowest BCUT2D eigenvalue weighted by molar-refractivity contribution is -0.128. The summed E-state index contributed by atoms with van der Waals surface area (Å²) >= 11 is 1.46. The molecule has 6 nitrogen and oxygen atoms in total. The Balaban J connectivity index is 1.67. The number of carbonyl (C=O) groups is 1. The van der Waals surface area contributed by atoms with E-state index in [1.54, 1.807) is 12.4 Å². The number of carbonyl (C=O) groups excluding carboxylic acids is 1. The third-order valence-corrected chi connectivity index (χ3v) is 6.55. The Morgan fingerprint density at radius 2 is 1.81 bits per heavy atom. The van der Waals surface area contributed by atoms with Gasteiger partial charge in [0.1, 0.15) is 0 Å². The van der Waals surface area contributed by atoms with Gasteiger partial charge in [0.15, 0.2) is 11.0 Å². The van der Waals surface area contributed by atoms with Crippen LogP contribution in [0.1, 0.15) is 51.0 Å². The van der Waals surface area contributed by atoms with Crippen LogP contribution in [0.2, 0.25) is 0 Å². The van der Waals surface area contributed by atoms with Crippen LogP contribution in [0.25, 0.3) is 17.1 Å². The molecule has 0 N–H and O–H groups in total. The molecule has 0 saturated carbocycles. The fourth-order valence-corrected chi connectivity index (χ4v) is 4.83. The van der Waals surface area contributed by atoms with Gasteiger partial charge in [-0.25, -0.2) is 0 Å². The molecule has 4 rings (SSSR count). The fraction of sp³-hybridized carbons (Fsp3) is 0.417. The molecule has 1 saturated heterocycles. The highest BCUT2D eigenvalue weighted by atomic mass is 32.2. The maximum Gasteiger partial charge on any atom is 0.233 e. The summed E-state index contributed by atoms with van der Waals surface area (Å²) < 4.78 is 2.08. The van der Waals surface area contributed by atoms with Crippen molar-refractivity contribution in [1.82, 2.24) is 24.6 Å². The van der Waals surface area contributed by atoms with Gasteiger partial charge in [-0.15, -0.1) is 10.2 Å². The van der Waals surface area contributed by atoms with Crippen LogP contribution in [0.4, 0.5) is 0 Å². The highest BCUT2D eigenvalue weighted by Crippen LogP contribution is 2.32. The molecule has 1 fully saturated rings. The number of pyridine rings is 1. The van der Waals surface area contributed by atoms with Crippen LogP contribution >= 0.6 is 11.8 Å². The second kappa shape index (κ2) is 10.1. The molecule has 1 aliphatic rings. The van der Waals surface area contributed by atoms with Crippen molar-refractivity contribution >= 4 is 17.7 Å². The molecular weight excluding hydrogens is 406 g/mol. The van der Waals surface area contributed by atoms with Crippen molar-refractivity contribution in [2.24, 2.45) is 0 Å². The quantitative estimate of drug-likeness (QED) is 0.513. The Morgan fingerprint density at radius 3 is 2.52 bits per heavy atom. The summed E-state index contributed by atoms with van der Waals surface area (Å²) in [4.78, 5) is 19.1. The second-order valence-corrected chi connectivity index (χ2v) is 9.12. The molecule has 31 heavy (non-hydrogen) atoms. The van der Waals surface area contributed by atoms with Gasteiger partial charge in [0.05, 0.1) is 11.4 Å². The summed E-state index contributed by atoms with van der Waals surface area (Å²) in [5.41, 5.74) is 3.17. The van der Waals surface area contributed by atoms with Crippen molar-refractivity contribution in [2.45, 2.75) is 50.6 Å². The zero-order valence-corrected chi connectivity index (χ0v) is 19.0. The van der Waals surface area contributed by atoms with Gasteiger partial charge in [0, 0.05) is 31.0 Å². The number of rotatable bonds is 6. The Morgan fingerprint density at radius 1 is 1.03 bits per heavy atom. The van der Waals surface area contributed by atoms with Gasteiger partial charge in [-0.05, 0) is 42.5 Å². The zero-order valence-electron chi connectivity index (χ0n) is 18.2. The Bertz CT molecular complexity index is 1010. The first-order valence-corrected chi connectivity index (χ1v) is 12.0. The molecular formula is C24H29N5OS. The Labute approximate surface area is 188 Å². The molecule has 0 spiro atoms. The summed E-state index contributed by atoms with van der Waals surface area (Å²) in [5, 5.41) is 9.71. The molecule has 2 aromatic heterocycles. The van der Waals surface area contributed by atoms with E-state index in [0.29, 0.717) is 11.7 Å². The Kier molecular flexibility index (Phi) is 7.02. The second-order valence-electron chi connectivity index (χ2n) is 8.18. The third kappa shape index (κ3) is 4.98. The van der Waals surface area contributed by atoms with E-state index >= 15 is 0 Å². The first-order valence-electron chi connectivity index (χ1n) is 11.0. The maximum atomic E-state index is 12.9. The predicted octanol–water partition coefficient (Wildman–Crippen LogP) is 4.95. The average molecular weight is 436 g/mol. The minimum Gasteiger partial charge on any atom is -0.342 e. The van der Waals surface area contributed by atoms with Crippen molar-refractivity contribution in [1.29, 1.82) is 0 Å². The summed E-state index contributed by atoms with van der Waals surface area (Å²) in [5.74, 6) is 1.64. The van der Waals surface area contributed by atoms with Gasteiger partial charge in [0.25, 0.3) is 0 Å². The van der Waals surface area contributed by atoms with E-state index in [1.165, 1.54) is 30.2 Å². The van der Waals surface area contributed by atoms with Crippen LogP contribution in [0.3, 0.4) is 0 Å². The van der Waals surface area contributed by atoms with Crippen LogP contribution in [0.5, 0.6) is 0 Å². The minimum absolute atomic E-state index is 0.182. The molecule has 1 aliphatic heterocycles. The number of thioether (sulfide) groups is 1. The Hall–Kier alpha value is -2.67. The van der Waals surface area contributed by atoms with Crippen LogP contribution < -0.4 is 0 Å². The summed E-state index contributed by atoms with van der Waals surface area (Å²) in [6.45, 7) is 6.09. The first-order chi connectivity index (χ1) is 15.1. The largest absolute Gasteiger partial charge is 0.342 e. The summed E-state index contributed by atoms with van der Waals surface area (Å²) in [6, 6.07) is 12.2. The SMILES string of the molecule is CC(C)c1ccccc1-n1c(SCC(=O)N2CCCCCC2)nnc1-c1cccnc1. The van der Waals surface area contributed by atoms with E-state index < -0.39 is 0 Å². The molecule has 3 aromatic rings. The number of aromatic nitrogens is 4. The lowest BCUT2D eigenvalue weighted by Crippen LogP contribution is -2.33. The van der Waals surface area contributed by atoms with E-state index in [1.807, 2.05) is 23.1 Å². The van der Waals surface area contributed by atoms with Gasteiger partial charge < -0.3 is 4.90 Å². The number of likely N-dealkylation sites (tertiary alicyclic amines) is 1. The normalized spacial score (nSPS) is 14.6. The molecule has 7 heteroatoms. The summed E-state index contributed by atoms with van der Waals surface area (Å²) in [6.07, 6.45) is 8.17. The van der Waals surface area contributed by atoms with Crippen molar-refractivity contribution < 1.29 is 4.79 Å². The zero-order chi connectivity index (χ0) is 21.6. The molecule has 0 unspecified atom stereocenters. The monoisotopic (exact) mass is 435 g/mol. The highest BCUT2D eigenvalue weighted by Gasteiger charge is 2.22. The molecule has 162 valence electrons. The summed E-state index contributed by atoms with van der Waals surface area (Å²) in [7, 11) is 0. The van der Waals surface area contributed by atoms with Gasteiger partial charge in [-0.3, -0.25) is 14.3 Å². The van der Waals surface area contributed by atoms with Gasteiger partial charge in [-0.1, -0.05) is 56.7 Å². The number of hydrogen-bond donors (Lipinski definition) is 0. The van der Waals surface area contributed by atoms with E-state index in [-0.39, 0.29) is 5.91 Å². The minimum atomic E-state index is 0.182. The lowest BCUT2D eigenvalue weighted by Gasteiger charge is -2.20. The number of amides is 1.